The number of allylic oxidation sites excluding steroid dienone is 1. The van der Waals surface area contributed by atoms with Crippen molar-refractivity contribution in [3.05, 3.63) is 11.5 Å². The van der Waals surface area contributed by atoms with E-state index in [-0.39, 0.29) is 11.2 Å². The summed E-state index contributed by atoms with van der Waals surface area (Å²) in [6, 6.07) is 0. The maximum Gasteiger partial charge on any atom is 0.267 e. The first-order valence-corrected chi connectivity index (χ1v) is 6.72. The highest BCUT2D eigenvalue weighted by Crippen LogP contribution is 2.25. The fourth-order valence-corrected chi connectivity index (χ4v) is 2.94. The van der Waals surface area contributed by atoms with E-state index in [4.69, 9.17) is 0 Å². The molecule has 1 saturated heterocycles. The van der Waals surface area contributed by atoms with Crippen LogP contribution in [0.4, 0.5) is 0 Å². The third-order valence-electron chi connectivity index (χ3n) is 3.02. The number of hydrogen-bond acceptors (Lipinski definition) is 5. The van der Waals surface area contributed by atoms with Crippen molar-refractivity contribution in [2.45, 2.75) is 5.25 Å². The Morgan fingerprint density at radius 2 is 2.24 bits per heavy atom. The maximum absolute atomic E-state index is 11.8. The van der Waals surface area contributed by atoms with Crippen molar-refractivity contribution >= 4 is 29.2 Å². The van der Waals surface area contributed by atoms with E-state index in [1.807, 2.05) is 11.5 Å². The van der Waals surface area contributed by atoms with E-state index >= 15 is 0 Å². The SMILES string of the molecule is O=C1N=C(CN2CCNCC2)N=C2C=CSC12. The summed E-state index contributed by atoms with van der Waals surface area (Å²) in [5, 5.41) is 5.04. The van der Waals surface area contributed by atoms with Crippen LogP contribution in [0.15, 0.2) is 21.5 Å². The van der Waals surface area contributed by atoms with Gasteiger partial charge in [0.05, 0.1) is 12.3 Å². The van der Waals surface area contributed by atoms with Gasteiger partial charge in [0.2, 0.25) is 0 Å². The molecule has 3 aliphatic rings. The fourth-order valence-electron chi connectivity index (χ4n) is 2.13. The Labute approximate surface area is 104 Å². The van der Waals surface area contributed by atoms with Crippen LogP contribution >= 0.6 is 11.8 Å². The summed E-state index contributed by atoms with van der Waals surface area (Å²) in [6.45, 7) is 4.66. The summed E-state index contributed by atoms with van der Waals surface area (Å²) < 4.78 is 0. The molecule has 1 amide bonds. The number of rotatable bonds is 2. The monoisotopic (exact) mass is 250 g/mol. The first-order chi connectivity index (χ1) is 8.33. The molecule has 1 N–H and O–H groups in total. The number of aliphatic imine (C=N–C) groups is 2. The highest BCUT2D eigenvalue weighted by atomic mass is 32.2. The van der Waals surface area contributed by atoms with Crippen LogP contribution in [0, 0.1) is 0 Å². The normalized spacial score (nSPS) is 28.9. The molecule has 17 heavy (non-hydrogen) atoms. The van der Waals surface area contributed by atoms with Gasteiger partial charge >= 0.3 is 0 Å². The molecule has 5 nitrogen and oxygen atoms in total. The summed E-state index contributed by atoms with van der Waals surface area (Å²) >= 11 is 1.49. The molecule has 90 valence electrons. The van der Waals surface area contributed by atoms with Gasteiger partial charge in [-0.2, -0.15) is 4.99 Å². The molecule has 0 spiro atoms. The van der Waals surface area contributed by atoms with Gasteiger partial charge < -0.3 is 5.32 Å². The molecular formula is C11H14N4OS. The number of hydrogen-bond donors (Lipinski definition) is 1. The van der Waals surface area contributed by atoms with Gasteiger partial charge in [-0.1, -0.05) is 0 Å². The largest absolute Gasteiger partial charge is 0.314 e. The predicted octanol–water partition coefficient (Wildman–Crippen LogP) is -0.0996. The Bertz CT molecular complexity index is 423. The lowest BCUT2D eigenvalue weighted by Gasteiger charge is -2.27. The van der Waals surface area contributed by atoms with Crippen molar-refractivity contribution in [3.8, 4) is 0 Å². The van der Waals surface area contributed by atoms with E-state index in [1.165, 1.54) is 11.8 Å². The van der Waals surface area contributed by atoms with Crippen molar-refractivity contribution in [1.82, 2.24) is 10.2 Å². The maximum atomic E-state index is 11.8. The number of nitrogens with one attached hydrogen (secondary N) is 1. The highest BCUT2D eigenvalue weighted by Gasteiger charge is 2.30. The molecule has 0 aromatic carbocycles. The van der Waals surface area contributed by atoms with Crippen LogP contribution in [-0.4, -0.2) is 60.3 Å². The topological polar surface area (TPSA) is 57.1 Å². The minimum atomic E-state index is -0.179. The number of amidine groups is 1. The van der Waals surface area contributed by atoms with E-state index in [0.717, 1.165) is 31.9 Å². The van der Waals surface area contributed by atoms with Crippen LogP contribution in [0.1, 0.15) is 0 Å². The van der Waals surface area contributed by atoms with Crippen molar-refractivity contribution in [2.75, 3.05) is 32.7 Å². The van der Waals surface area contributed by atoms with Gasteiger partial charge in [-0.05, 0) is 11.5 Å². The fraction of sp³-hybridized carbons (Fsp3) is 0.545. The lowest BCUT2D eigenvalue weighted by molar-refractivity contribution is -0.116. The number of carbonyl (C=O) groups excluding carboxylic acids is 1. The van der Waals surface area contributed by atoms with Crippen molar-refractivity contribution in [1.29, 1.82) is 0 Å². The van der Waals surface area contributed by atoms with Crippen LogP contribution in [-0.2, 0) is 4.79 Å². The van der Waals surface area contributed by atoms with Crippen LogP contribution in [0.3, 0.4) is 0 Å². The number of nitrogens with zero attached hydrogens (tertiary/aromatic N) is 3. The molecule has 3 rings (SSSR count). The highest BCUT2D eigenvalue weighted by molar-refractivity contribution is 8.04. The predicted molar refractivity (Wildman–Crippen MR) is 69.7 cm³/mol. The first-order valence-electron chi connectivity index (χ1n) is 5.78. The molecule has 1 fully saturated rings. The summed E-state index contributed by atoms with van der Waals surface area (Å²) in [5.41, 5.74) is 0.861. The van der Waals surface area contributed by atoms with E-state index in [0.29, 0.717) is 12.4 Å². The van der Waals surface area contributed by atoms with Gasteiger partial charge in [0.15, 0.2) is 0 Å². The van der Waals surface area contributed by atoms with Crippen molar-refractivity contribution in [3.63, 3.8) is 0 Å². The minimum absolute atomic E-state index is 0.0601. The summed E-state index contributed by atoms with van der Waals surface area (Å²) in [7, 11) is 0. The number of carbonyl (C=O) groups is 1. The minimum Gasteiger partial charge on any atom is -0.314 e. The van der Waals surface area contributed by atoms with E-state index in [1.54, 1.807) is 0 Å². The second kappa shape index (κ2) is 4.72. The third kappa shape index (κ3) is 2.34. The summed E-state index contributed by atoms with van der Waals surface area (Å²) in [6.07, 6.45) is 1.92. The number of piperazine rings is 1. The van der Waals surface area contributed by atoms with Crippen molar-refractivity contribution in [2.24, 2.45) is 9.98 Å². The first kappa shape index (κ1) is 11.1. The second-order valence-corrected chi connectivity index (χ2v) is 5.26. The van der Waals surface area contributed by atoms with E-state index in [9.17, 15) is 4.79 Å². The van der Waals surface area contributed by atoms with Gasteiger partial charge in [0, 0.05) is 26.2 Å². The van der Waals surface area contributed by atoms with Crippen LogP contribution < -0.4 is 5.32 Å². The molecule has 0 aliphatic carbocycles. The Balaban J connectivity index is 1.71. The Hall–Kier alpha value is -0.980. The molecule has 1 atom stereocenters. The van der Waals surface area contributed by atoms with Gasteiger partial charge in [0.1, 0.15) is 11.1 Å². The quantitative estimate of drug-likeness (QED) is 0.743. The third-order valence-corrected chi connectivity index (χ3v) is 4.03. The van der Waals surface area contributed by atoms with Gasteiger partial charge in [-0.25, -0.2) is 4.99 Å². The number of fused-ring (bicyclic) bond motifs is 1. The molecular weight excluding hydrogens is 236 g/mol. The zero-order valence-electron chi connectivity index (χ0n) is 9.43. The zero-order chi connectivity index (χ0) is 11.7. The second-order valence-electron chi connectivity index (χ2n) is 4.25. The average molecular weight is 250 g/mol. The molecule has 6 heteroatoms. The average Bonchev–Trinajstić information content (AvgIpc) is 2.79. The molecule has 1 unspecified atom stereocenters. The number of thioether (sulfide) groups is 1. The lowest BCUT2D eigenvalue weighted by Crippen LogP contribution is -2.46. The molecule has 0 radical (unpaired) electrons. The molecule has 0 aromatic rings. The van der Waals surface area contributed by atoms with Crippen LogP contribution in [0.25, 0.3) is 0 Å². The van der Waals surface area contributed by atoms with E-state index < -0.39 is 0 Å². The summed E-state index contributed by atoms with van der Waals surface area (Å²) in [4.78, 5) is 22.6. The summed E-state index contributed by atoms with van der Waals surface area (Å²) in [5.74, 6) is 0.602. The molecule has 0 saturated carbocycles. The molecule has 3 heterocycles. The smallest absolute Gasteiger partial charge is 0.267 e. The zero-order valence-corrected chi connectivity index (χ0v) is 10.2. The van der Waals surface area contributed by atoms with Crippen LogP contribution in [0.5, 0.6) is 0 Å². The standard InChI is InChI=1S/C11H14N4OS/c16-11-10-8(1-6-17-10)13-9(14-11)7-15-4-2-12-3-5-15/h1,6,10,12H,2-5,7H2. The van der Waals surface area contributed by atoms with Gasteiger partial charge in [-0.15, -0.1) is 11.8 Å². The van der Waals surface area contributed by atoms with Crippen LogP contribution in [0.2, 0.25) is 0 Å². The Morgan fingerprint density at radius 3 is 3.06 bits per heavy atom. The van der Waals surface area contributed by atoms with Crippen molar-refractivity contribution < 1.29 is 4.79 Å². The number of amides is 1. The van der Waals surface area contributed by atoms with Gasteiger partial charge in [0.25, 0.3) is 5.91 Å². The Morgan fingerprint density at radius 1 is 1.41 bits per heavy atom. The molecule has 0 aromatic heterocycles. The van der Waals surface area contributed by atoms with E-state index in [2.05, 4.69) is 20.2 Å². The Kier molecular flexibility index (Phi) is 3.09. The van der Waals surface area contributed by atoms with Gasteiger partial charge in [-0.3, -0.25) is 9.69 Å². The molecule has 3 aliphatic heterocycles. The lowest BCUT2D eigenvalue weighted by atomic mass is 10.2. The molecule has 0 bridgehead atoms.